The molecule has 1 atom stereocenters. The highest BCUT2D eigenvalue weighted by Gasteiger charge is 2.29. The molecule has 1 aromatic carbocycles. The van der Waals surface area contributed by atoms with Gasteiger partial charge in [-0.1, -0.05) is 0 Å². The molecule has 0 spiro atoms. The van der Waals surface area contributed by atoms with Crippen LogP contribution in [0.4, 0.5) is 0 Å². The van der Waals surface area contributed by atoms with E-state index in [9.17, 15) is 14.9 Å². The lowest BCUT2D eigenvalue weighted by Crippen LogP contribution is -2.44. The van der Waals surface area contributed by atoms with Crippen molar-refractivity contribution in [2.24, 2.45) is 0 Å². The summed E-state index contributed by atoms with van der Waals surface area (Å²) in [5, 5.41) is 13.1. The summed E-state index contributed by atoms with van der Waals surface area (Å²) in [6, 6.07) is 9.51. The minimum absolute atomic E-state index is 0.0743. The second-order valence-electron chi connectivity index (χ2n) is 9.35. The number of nitrogens with zero attached hydrogens (tertiary/aromatic N) is 5. The van der Waals surface area contributed by atoms with Crippen molar-refractivity contribution in [3.8, 4) is 17.6 Å². The van der Waals surface area contributed by atoms with Crippen molar-refractivity contribution >= 4 is 11.2 Å². The van der Waals surface area contributed by atoms with Crippen molar-refractivity contribution in [2.45, 2.75) is 38.0 Å². The summed E-state index contributed by atoms with van der Waals surface area (Å²) in [4.78, 5) is 31.5. The van der Waals surface area contributed by atoms with Gasteiger partial charge in [0.05, 0.1) is 17.8 Å². The standard InChI is InChI=1S/C25H26N6O4/c26-11-17-9-16(10-21-24(17)35-8-7-34-21)12-27-18-3-5-29(6-4-18)14-19-15-30-22(32)2-1-20-25(30)31(19)23(33)13-28-20/h1-2,9-10,13,18-19,27H,3-8,12,14-15H2. The molecule has 180 valence electrons. The van der Waals surface area contributed by atoms with Crippen LogP contribution in [-0.4, -0.2) is 57.9 Å². The third-order valence-electron chi connectivity index (χ3n) is 7.15. The van der Waals surface area contributed by atoms with E-state index in [0.717, 1.165) is 38.0 Å². The molecule has 5 heterocycles. The van der Waals surface area contributed by atoms with Crippen LogP contribution in [0.3, 0.4) is 0 Å². The molecule has 10 nitrogen and oxygen atoms in total. The Kier molecular flexibility index (Phi) is 5.51. The minimum atomic E-state index is -0.160. The summed E-state index contributed by atoms with van der Waals surface area (Å²) in [5.41, 5.74) is 2.56. The number of nitriles is 1. The van der Waals surface area contributed by atoms with E-state index in [4.69, 9.17) is 9.47 Å². The average molecular weight is 475 g/mol. The first kappa shape index (κ1) is 21.8. The summed E-state index contributed by atoms with van der Waals surface area (Å²) in [6.45, 7) is 4.65. The second-order valence-corrected chi connectivity index (χ2v) is 9.35. The Balaban J connectivity index is 1.08. The zero-order valence-electron chi connectivity index (χ0n) is 19.3. The summed E-state index contributed by atoms with van der Waals surface area (Å²) < 4.78 is 14.7. The number of likely N-dealkylation sites (tertiary alicyclic amines) is 1. The zero-order chi connectivity index (χ0) is 23.9. The monoisotopic (exact) mass is 474 g/mol. The van der Waals surface area contributed by atoms with Gasteiger partial charge in [-0.05, 0) is 49.7 Å². The van der Waals surface area contributed by atoms with Crippen molar-refractivity contribution in [3.05, 3.63) is 62.3 Å². The molecule has 3 aliphatic rings. The maximum Gasteiger partial charge on any atom is 0.270 e. The highest BCUT2D eigenvalue weighted by atomic mass is 16.6. The minimum Gasteiger partial charge on any atom is -0.486 e. The van der Waals surface area contributed by atoms with Gasteiger partial charge in [-0.15, -0.1) is 0 Å². The first-order valence-corrected chi connectivity index (χ1v) is 12.0. The van der Waals surface area contributed by atoms with E-state index in [-0.39, 0.29) is 17.2 Å². The molecule has 3 aliphatic heterocycles. The van der Waals surface area contributed by atoms with Gasteiger partial charge in [-0.2, -0.15) is 5.26 Å². The molecule has 1 unspecified atom stereocenters. The van der Waals surface area contributed by atoms with Gasteiger partial charge in [0.15, 0.2) is 11.5 Å². The number of fused-ring (bicyclic) bond motifs is 1. The van der Waals surface area contributed by atoms with E-state index >= 15 is 0 Å². The summed E-state index contributed by atoms with van der Waals surface area (Å²) in [7, 11) is 0. The van der Waals surface area contributed by atoms with Crippen molar-refractivity contribution in [2.75, 3.05) is 32.8 Å². The topological polar surface area (TPSA) is 114 Å². The van der Waals surface area contributed by atoms with Crippen LogP contribution in [0.5, 0.6) is 11.5 Å². The number of nitrogens with one attached hydrogen (secondary N) is 1. The van der Waals surface area contributed by atoms with Gasteiger partial charge in [-0.25, -0.2) is 4.98 Å². The number of benzene rings is 1. The van der Waals surface area contributed by atoms with Crippen LogP contribution in [0.1, 0.15) is 30.0 Å². The molecular formula is C25H26N6O4. The van der Waals surface area contributed by atoms with Crippen LogP contribution >= 0.6 is 0 Å². The molecule has 0 saturated carbocycles. The summed E-state index contributed by atoms with van der Waals surface area (Å²) >= 11 is 0. The lowest BCUT2D eigenvalue weighted by molar-refractivity contribution is 0.169. The quantitative estimate of drug-likeness (QED) is 0.583. The maximum atomic E-state index is 12.6. The average Bonchev–Trinajstić information content (AvgIpc) is 3.28. The lowest BCUT2D eigenvalue weighted by Gasteiger charge is -2.34. The molecule has 10 heteroatoms. The van der Waals surface area contributed by atoms with Gasteiger partial charge in [0.1, 0.15) is 30.4 Å². The number of pyridine rings is 1. The number of aromatic nitrogens is 3. The normalized spacial score (nSPS) is 19.7. The molecule has 0 amide bonds. The fourth-order valence-electron chi connectivity index (χ4n) is 5.44. The molecule has 35 heavy (non-hydrogen) atoms. The number of rotatable bonds is 5. The number of piperidine rings is 1. The van der Waals surface area contributed by atoms with Crippen LogP contribution in [0.15, 0.2) is 40.1 Å². The molecular weight excluding hydrogens is 448 g/mol. The lowest BCUT2D eigenvalue weighted by atomic mass is 10.0. The van der Waals surface area contributed by atoms with Gasteiger partial charge in [0.25, 0.3) is 11.1 Å². The molecule has 0 aliphatic carbocycles. The van der Waals surface area contributed by atoms with Gasteiger partial charge in [0.2, 0.25) is 0 Å². The van der Waals surface area contributed by atoms with Crippen LogP contribution in [0.2, 0.25) is 0 Å². The Bertz CT molecular complexity index is 1440. The van der Waals surface area contributed by atoms with Crippen LogP contribution in [0, 0.1) is 11.3 Å². The van der Waals surface area contributed by atoms with Gasteiger partial charge < -0.3 is 19.7 Å². The third kappa shape index (κ3) is 3.96. The third-order valence-corrected chi connectivity index (χ3v) is 7.15. The molecule has 1 N–H and O–H groups in total. The largest absolute Gasteiger partial charge is 0.486 e. The van der Waals surface area contributed by atoms with Crippen LogP contribution in [-0.2, 0) is 13.1 Å². The molecule has 0 bridgehead atoms. The predicted octanol–water partition coefficient (Wildman–Crippen LogP) is 1.01. The first-order valence-electron chi connectivity index (χ1n) is 12.0. The summed E-state index contributed by atoms with van der Waals surface area (Å²) in [5.74, 6) is 1.18. The number of hydrogen-bond donors (Lipinski definition) is 1. The van der Waals surface area contributed by atoms with E-state index in [0.29, 0.717) is 60.6 Å². The Morgan fingerprint density at radius 3 is 2.77 bits per heavy atom. The first-order chi connectivity index (χ1) is 17.1. The maximum absolute atomic E-state index is 12.6. The molecule has 2 aromatic heterocycles. The number of hydrogen-bond acceptors (Lipinski definition) is 8. The van der Waals surface area contributed by atoms with E-state index in [2.05, 4.69) is 21.3 Å². The van der Waals surface area contributed by atoms with E-state index in [1.165, 1.54) is 12.3 Å². The second kappa shape index (κ2) is 8.83. The van der Waals surface area contributed by atoms with Crippen molar-refractivity contribution in [1.82, 2.24) is 24.3 Å². The highest BCUT2D eigenvalue weighted by molar-refractivity contribution is 5.71. The Morgan fingerprint density at radius 2 is 1.94 bits per heavy atom. The van der Waals surface area contributed by atoms with Crippen molar-refractivity contribution in [1.29, 1.82) is 5.26 Å². The fourth-order valence-corrected chi connectivity index (χ4v) is 5.44. The summed E-state index contributed by atoms with van der Waals surface area (Å²) in [6.07, 6.45) is 3.31. The highest BCUT2D eigenvalue weighted by Crippen LogP contribution is 2.35. The van der Waals surface area contributed by atoms with Gasteiger partial charge >= 0.3 is 0 Å². The number of ether oxygens (including phenoxy) is 2. The van der Waals surface area contributed by atoms with Crippen molar-refractivity contribution in [3.63, 3.8) is 0 Å². The molecule has 1 saturated heterocycles. The van der Waals surface area contributed by atoms with E-state index < -0.39 is 0 Å². The molecule has 1 fully saturated rings. The Morgan fingerprint density at radius 1 is 1.11 bits per heavy atom. The molecule has 0 radical (unpaired) electrons. The zero-order valence-corrected chi connectivity index (χ0v) is 19.3. The van der Waals surface area contributed by atoms with Gasteiger partial charge in [0, 0.05) is 31.7 Å². The Hall–Kier alpha value is -3.68. The van der Waals surface area contributed by atoms with Crippen molar-refractivity contribution < 1.29 is 9.47 Å². The smallest absolute Gasteiger partial charge is 0.270 e. The van der Waals surface area contributed by atoms with E-state index in [1.54, 1.807) is 15.2 Å². The Labute approximate surface area is 201 Å². The fraction of sp³-hybridized carbons (Fsp3) is 0.440. The molecule has 3 aromatic rings. The molecule has 6 rings (SSSR count). The van der Waals surface area contributed by atoms with Crippen LogP contribution < -0.4 is 25.9 Å². The predicted molar refractivity (Wildman–Crippen MR) is 128 cm³/mol. The van der Waals surface area contributed by atoms with Gasteiger partial charge in [-0.3, -0.25) is 18.7 Å². The van der Waals surface area contributed by atoms with Crippen LogP contribution in [0.25, 0.3) is 11.2 Å². The van der Waals surface area contributed by atoms with E-state index in [1.807, 2.05) is 12.1 Å². The SMILES string of the molecule is N#Cc1cc(CNC2CCN(CC3Cn4c(=O)ccc5ncc(=O)n3c54)CC2)cc2c1OCCO2.